The number of nitrogens with zero attached hydrogens (tertiary/aromatic N) is 3. The van der Waals surface area contributed by atoms with Crippen LogP contribution in [-0.4, -0.2) is 43.1 Å². The molecule has 0 aliphatic carbocycles. The molecule has 3 N–H and O–H groups in total. The maximum absolute atomic E-state index is 13.0. The molecule has 39 heavy (non-hydrogen) atoms. The van der Waals surface area contributed by atoms with Crippen LogP contribution in [0.15, 0.2) is 85.2 Å². The number of amides is 1. The van der Waals surface area contributed by atoms with Crippen molar-refractivity contribution in [2.24, 2.45) is 0 Å². The van der Waals surface area contributed by atoms with Crippen LogP contribution >= 0.6 is 12.2 Å². The van der Waals surface area contributed by atoms with E-state index in [1.807, 2.05) is 78.0 Å². The van der Waals surface area contributed by atoms with Crippen molar-refractivity contribution in [2.45, 2.75) is 32.4 Å². The average Bonchev–Trinajstić information content (AvgIpc) is 3.54. The predicted octanol–water partition coefficient (Wildman–Crippen LogP) is 5.19. The highest BCUT2D eigenvalue weighted by molar-refractivity contribution is 7.80. The van der Waals surface area contributed by atoms with Gasteiger partial charge in [-0.25, -0.2) is 4.79 Å². The lowest BCUT2D eigenvalue weighted by Crippen LogP contribution is -2.33. The number of thiocarbonyl (C=S) groups is 1. The Balaban J connectivity index is 1.44. The highest BCUT2D eigenvalue weighted by atomic mass is 32.1. The van der Waals surface area contributed by atoms with Crippen molar-refractivity contribution in [2.75, 3.05) is 11.9 Å². The first-order valence-electron chi connectivity index (χ1n) is 12.7. The second kappa shape index (κ2) is 11.1. The molecule has 198 valence electrons. The fourth-order valence-electron chi connectivity index (χ4n) is 4.91. The molecular weight excluding hydrogens is 510 g/mol. The Morgan fingerprint density at radius 3 is 2.56 bits per heavy atom. The molecule has 0 spiro atoms. The van der Waals surface area contributed by atoms with Crippen LogP contribution in [0, 0.1) is 13.8 Å². The maximum atomic E-state index is 13.0. The molecule has 2 aromatic carbocycles. The SMILES string of the molecule is Cc1ccc(C)c(NC(=O)CCN2C(=S)N[C@H](c3ccccn3)[C@@H]2c2cccn2-c2ccc(C(=O)O)cc2)c1. The van der Waals surface area contributed by atoms with Crippen LogP contribution in [0.5, 0.6) is 0 Å². The minimum Gasteiger partial charge on any atom is -0.478 e. The number of pyridine rings is 1. The van der Waals surface area contributed by atoms with Gasteiger partial charge in [0.05, 0.1) is 23.3 Å². The van der Waals surface area contributed by atoms with Gasteiger partial charge in [0.25, 0.3) is 0 Å². The Hall–Kier alpha value is -4.50. The van der Waals surface area contributed by atoms with E-state index in [2.05, 4.69) is 15.6 Å². The number of carbonyl (C=O) groups excluding carboxylic acids is 1. The summed E-state index contributed by atoms with van der Waals surface area (Å²) in [7, 11) is 0. The van der Waals surface area contributed by atoms with E-state index in [0.29, 0.717) is 11.7 Å². The molecule has 3 heterocycles. The van der Waals surface area contributed by atoms with Crippen LogP contribution in [0.25, 0.3) is 5.69 Å². The van der Waals surface area contributed by atoms with Crippen LogP contribution < -0.4 is 10.6 Å². The number of hydrogen-bond acceptors (Lipinski definition) is 4. The van der Waals surface area contributed by atoms with Crippen molar-refractivity contribution < 1.29 is 14.7 Å². The summed E-state index contributed by atoms with van der Waals surface area (Å²) < 4.78 is 2.02. The van der Waals surface area contributed by atoms with Gasteiger partial charge in [-0.2, -0.15) is 0 Å². The van der Waals surface area contributed by atoms with E-state index in [4.69, 9.17) is 12.2 Å². The highest BCUT2D eigenvalue weighted by Crippen LogP contribution is 2.39. The molecule has 2 aromatic heterocycles. The first kappa shape index (κ1) is 26.1. The molecule has 2 atom stereocenters. The summed E-state index contributed by atoms with van der Waals surface area (Å²) in [6.07, 6.45) is 3.93. The Labute approximate surface area is 232 Å². The van der Waals surface area contributed by atoms with Crippen LogP contribution in [0.1, 0.15) is 51.4 Å². The van der Waals surface area contributed by atoms with Crippen molar-refractivity contribution in [3.63, 3.8) is 0 Å². The largest absolute Gasteiger partial charge is 0.478 e. The third-order valence-corrected chi connectivity index (χ3v) is 7.27. The molecule has 9 heteroatoms. The van der Waals surface area contributed by atoms with Crippen molar-refractivity contribution in [1.29, 1.82) is 0 Å². The van der Waals surface area contributed by atoms with Gasteiger partial charge >= 0.3 is 5.97 Å². The molecule has 1 fully saturated rings. The van der Waals surface area contributed by atoms with E-state index in [1.54, 1.807) is 30.5 Å². The summed E-state index contributed by atoms with van der Waals surface area (Å²) in [6, 6.07) is 22.0. The summed E-state index contributed by atoms with van der Waals surface area (Å²) in [6.45, 7) is 4.37. The number of nitrogens with one attached hydrogen (secondary N) is 2. The van der Waals surface area contributed by atoms with Gasteiger partial charge in [0, 0.05) is 42.4 Å². The molecular formula is C30H29N5O3S. The van der Waals surface area contributed by atoms with E-state index in [9.17, 15) is 14.7 Å². The molecule has 4 aromatic rings. The van der Waals surface area contributed by atoms with Gasteiger partial charge in [-0.15, -0.1) is 0 Å². The molecule has 1 amide bonds. The van der Waals surface area contributed by atoms with Crippen molar-refractivity contribution in [1.82, 2.24) is 19.8 Å². The number of aryl methyl sites for hydroxylation is 2. The number of hydrogen-bond donors (Lipinski definition) is 3. The lowest BCUT2D eigenvalue weighted by Gasteiger charge is -2.29. The summed E-state index contributed by atoms with van der Waals surface area (Å²) in [5.41, 5.74) is 5.72. The molecule has 0 saturated carbocycles. The van der Waals surface area contributed by atoms with Gasteiger partial charge in [0.15, 0.2) is 5.11 Å². The fraction of sp³-hybridized carbons (Fsp3) is 0.200. The Bertz CT molecular complexity index is 1520. The quantitative estimate of drug-likeness (QED) is 0.265. The second-order valence-electron chi connectivity index (χ2n) is 9.59. The van der Waals surface area contributed by atoms with Gasteiger partial charge in [0.2, 0.25) is 5.91 Å². The van der Waals surface area contributed by atoms with E-state index >= 15 is 0 Å². The number of anilines is 1. The first-order valence-corrected chi connectivity index (χ1v) is 13.1. The molecule has 1 aliphatic rings. The number of carboxylic acids is 1. The normalized spacial score (nSPS) is 16.7. The molecule has 0 unspecified atom stereocenters. The lowest BCUT2D eigenvalue weighted by atomic mass is 10.0. The first-order chi connectivity index (χ1) is 18.8. The lowest BCUT2D eigenvalue weighted by molar-refractivity contribution is -0.116. The summed E-state index contributed by atoms with van der Waals surface area (Å²) in [5, 5.41) is 16.3. The smallest absolute Gasteiger partial charge is 0.335 e. The van der Waals surface area contributed by atoms with Gasteiger partial charge in [-0.3, -0.25) is 9.78 Å². The molecule has 1 aliphatic heterocycles. The van der Waals surface area contributed by atoms with Gasteiger partial charge in [-0.1, -0.05) is 18.2 Å². The molecule has 0 bridgehead atoms. The van der Waals surface area contributed by atoms with Crippen LogP contribution in [0.4, 0.5) is 5.69 Å². The topological polar surface area (TPSA) is 99.5 Å². The van der Waals surface area contributed by atoms with Crippen LogP contribution in [0.3, 0.4) is 0 Å². The van der Waals surface area contributed by atoms with Gasteiger partial charge in [-0.05, 0) is 91.8 Å². The monoisotopic (exact) mass is 539 g/mol. The molecule has 5 rings (SSSR count). The number of carbonyl (C=O) groups is 2. The van der Waals surface area contributed by atoms with E-state index in [0.717, 1.165) is 33.9 Å². The maximum Gasteiger partial charge on any atom is 0.335 e. The Kier molecular flexibility index (Phi) is 7.42. The zero-order chi connectivity index (χ0) is 27.5. The number of aromatic carboxylic acids is 1. The summed E-state index contributed by atoms with van der Waals surface area (Å²) >= 11 is 5.77. The molecule has 0 radical (unpaired) electrons. The van der Waals surface area contributed by atoms with E-state index in [-0.39, 0.29) is 30.0 Å². The Morgan fingerprint density at radius 1 is 1.05 bits per heavy atom. The zero-order valence-electron chi connectivity index (χ0n) is 21.7. The second-order valence-corrected chi connectivity index (χ2v) is 9.98. The fourth-order valence-corrected chi connectivity index (χ4v) is 5.24. The minimum absolute atomic E-state index is 0.0915. The summed E-state index contributed by atoms with van der Waals surface area (Å²) in [4.78, 5) is 31.0. The van der Waals surface area contributed by atoms with Crippen molar-refractivity contribution in [3.8, 4) is 5.69 Å². The van der Waals surface area contributed by atoms with E-state index in [1.165, 1.54) is 0 Å². The third-order valence-electron chi connectivity index (χ3n) is 6.92. The molecule has 1 saturated heterocycles. The molecule has 8 nitrogen and oxygen atoms in total. The number of carboxylic acid groups (broad SMARTS) is 1. The van der Waals surface area contributed by atoms with Crippen LogP contribution in [0.2, 0.25) is 0 Å². The highest BCUT2D eigenvalue weighted by Gasteiger charge is 2.41. The van der Waals surface area contributed by atoms with Gasteiger partial charge in [0.1, 0.15) is 0 Å². The van der Waals surface area contributed by atoms with E-state index < -0.39 is 5.97 Å². The average molecular weight is 540 g/mol. The predicted molar refractivity (Wildman–Crippen MR) is 154 cm³/mol. The summed E-state index contributed by atoms with van der Waals surface area (Å²) in [5.74, 6) is -1.06. The Morgan fingerprint density at radius 2 is 1.85 bits per heavy atom. The van der Waals surface area contributed by atoms with Crippen LogP contribution in [-0.2, 0) is 4.79 Å². The number of aromatic nitrogens is 2. The number of rotatable bonds is 8. The standard InChI is InChI=1S/C30H29N5O3S/c1-19-8-9-20(2)24(18-19)32-26(36)14-17-35-28(27(33-30(35)39)23-6-3-4-15-31-23)25-7-5-16-34(25)22-12-10-21(11-13-22)29(37)38/h3-13,15-16,18,27-28H,14,17H2,1-2H3,(H,32,36)(H,33,39)(H,37,38)/t27-,28+/m1/s1. The van der Waals surface area contributed by atoms with Crippen molar-refractivity contribution in [3.05, 3.63) is 113 Å². The minimum atomic E-state index is -0.972. The number of benzene rings is 2. The third kappa shape index (κ3) is 5.53. The van der Waals surface area contributed by atoms with Gasteiger partial charge < -0.3 is 25.2 Å². The zero-order valence-corrected chi connectivity index (χ0v) is 22.5. The van der Waals surface area contributed by atoms with Crippen molar-refractivity contribution >= 4 is 34.9 Å².